The topological polar surface area (TPSA) is 71.5 Å². The summed E-state index contributed by atoms with van der Waals surface area (Å²) in [4.78, 5) is 0.253. The molecular weight excluding hydrogens is 358 g/mol. The standard InChI is InChI=1S/C18H21NO4S2/c20-24(21,14-12-16-7-3-1-4-8-16)19-13-11-18(15-19)25(22,23)17-9-5-2-6-10-17/h1-10,18H,11-15H2/t18-/m1/s1. The largest absolute Gasteiger partial charge is 0.223 e. The second kappa shape index (κ2) is 7.27. The second-order valence-corrected chi connectivity index (χ2v) is 10.5. The van der Waals surface area contributed by atoms with Gasteiger partial charge < -0.3 is 0 Å². The fourth-order valence-corrected chi connectivity index (χ4v) is 6.38. The second-order valence-electron chi connectivity index (χ2n) is 6.18. The van der Waals surface area contributed by atoms with Crippen LogP contribution < -0.4 is 0 Å². The molecule has 5 nitrogen and oxygen atoms in total. The van der Waals surface area contributed by atoms with Gasteiger partial charge in [-0.25, -0.2) is 21.1 Å². The van der Waals surface area contributed by atoms with Gasteiger partial charge in [-0.15, -0.1) is 0 Å². The average molecular weight is 380 g/mol. The van der Waals surface area contributed by atoms with Crippen molar-refractivity contribution in [1.82, 2.24) is 4.31 Å². The van der Waals surface area contributed by atoms with Crippen LogP contribution in [0.1, 0.15) is 12.0 Å². The molecule has 1 aliphatic heterocycles. The summed E-state index contributed by atoms with van der Waals surface area (Å²) >= 11 is 0. The summed E-state index contributed by atoms with van der Waals surface area (Å²) < 4.78 is 51.7. The van der Waals surface area contributed by atoms with Crippen LogP contribution in [0.4, 0.5) is 0 Å². The van der Waals surface area contributed by atoms with E-state index in [0.29, 0.717) is 12.8 Å². The molecule has 0 amide bonds. The van der Waals surface area contributed by atoms with Crippen LogP contribution in [0.25, 0.3) is 0 Å². The van der Waals surface area contributed by atoms with Gasteiger partial charge in [0.1, 0.15) is 0 Å². The fourth-order valence-electron chi connectivity index (χ4n) is 3.03. The van der Waals surface area contributed by atoms with Crippen LogP contribution in [0.15, 0.2) is 65.6 Å². The Bertz CT molecular complexity index is 910. The number of sulfonamides is 1. The van der Waals surface area contributed by atoms with Crippen molar-refractivity contribution < 1.29 is 16.8 Å². The molecule has 0 saturated carbocycles. The van der Waals surface area contributed by atoms with Gasteiger partial charge in [0.05, 0.1) is 15.9 Å². The minimum Gasteiger partial charge on any atom is -0.223 e. The highest BCUT2D eigenvalue weighted by atomic mass is 32.2. The van der Waals surface area contributed by atoms with Crippen LogP contribution in [0, 0.1) is 0 Å². The minimum atomic E-state index is -3.51. The van der Waals surface area contributed by atoms with Crippen molar-refractivity contribution >= 4 is 19.9 Å². The molecule has 1 fully saturated rings. The molecule has 1 heterocycles. The Morgan fingerprint density at radius 3 is 2.12 bits per heavy atom. The van der Waals surface area contributed by atoms with E-state index >= 15 is 0 Å². The zero-order valence-electron chi connectivity index (χ0n) is 13.8. The van der Waals surface area contributed by atoms with Crippen molar-refractivity contribution in [3.05, 3.63) is 66.2 Å². The first-order valence-corrected chi connectivity index (χ1v) is 11.4. The maximum Gasteiger partial charge on any atom is 0.214 e. The highest BCUT2D eigenvalue weighted by Crippen LogP contribution is 2.25. The van der Waals surface area contributed by atoms with Crippen LogP contribution >= 0.6 is 0 Å². The van der Waals surface area contributed by atoms with Crippen LogP contribution in [0.5, 0.6) is 0 Å². The van der Waals surface area contributed by atoms with Crippen molar-refractivity contribution in [2.75, 3.05) is 18.8 Å². The predicted octanol–water partition coefficient (Wildman–Crippen LogP) is 2.11. The molecule has 0 N–H and O–H groups in total. The van der Waals surface area contributed by atoms with E-state index < -0.39 is 25.1 Å². The highest BCUT2D eigenvalue weighted by molar-refractivity contribution is 7.92. The third-order valence-corrected chi connectivity index (χ3v) is 8.53. The summed E-state index contributed by atoms with van der Waals surface area (Å²) in [6.45, 7) is 0.294. The van der Waals surface area contributed by atoms with E-state index in [9.17, 15) is 16.8 Å². The van der Waals surface area contributed by atoms with E-state index in [2.05, 4.69) is 0 Å². The molecule has 0 unspecified atom stereocenters. The molecule has 0 aliphatic carbocycles. The van der Waals surface area contributed by atoms with Gasteiger partial charge >= 0.3 is 0 Å². The molecule has 1 saturated heterocycles. The molecule has 0 radical (unpaired) electrons. The van der Waals surface area contributed by atoms with Crippen LogP contribution in [0.3, 0.4) is 0 Å². The third kappa shape index (κ3) is 4.11. The normalized spacial score (nSPS) is 19.1. The van der Waals surface area contributed by atoms with Gasteiger partial charge in [0, 0.05) is 13.1 Å². The Balaban J connectivity index is 1.67. The van der Waals surface area contributed by atoms with Crippen molar-refractivity contribution in [3.63, 3.8) is 0 Å². The monoisotopic (exact) mass is 379 g/mol. The number of hydrogen-bond acceptors (Lipinski definition) is 4. The Morgan fingerprint density at radius 2 is 1.48 bits per heavy atom. The van der Waals surface area contributed by atoms with Gasteiger partial charge in [0.15, 0.2) is 9.84 Å². The van der Waals surface area contributed by atoms with Crippen molar-refractivity contribution in [2.45, 2.75) is 23.0 Å². The summed E-state index contributed by atoms with van der Waals surface area (Å²) in [7, 11) is -6.97. The molecule has 0 bridgehead atoms. The Hall–Kier alpha value is -1.70. The quantitative estimate of drug-likeness (QED) is 0.771. The molecule has 1 atom stereocenters. The molecule has 0 aromatic heterocycles. The van der Waals surface area contributed by atoms with Crippen LogP contribution in [-0.4, -0.2) is 45.2 Å². The minimum absolute atomic E-state index is 0.00484. The fraction of sp³-hybridized carbons (Fsp3) is 0.333. The van der Waals surface area contributed by atoms with Gasteiger partial charge in [0.25, 0.3) is 0 Å². The SMILES string of the molecule is O=S(=O)(c1ccccc1)[C@@H]1CCN(S(=O)(=O)CCc2ccccc2)C1. The van der Waals surface area contributed by atoms with Crippen LogP contribution in [-0.2, 0) is 26.3 Å². The Kier molecular flexibility index (Phi) is 5.27. The Morgan fingerprint density at radius 1 is 0.880 bits per heavy atom. The van der Waals surface area contributed by atoms with E-state index in [1.165, 1.54) is 4.31 Å². The van der Waals surface area contributed by atoms with Gasteiger partial charge in [-0.05, 0) is 30.5 Å². The number of nitrogens with zero attached hydrogens (tertiary/aromatic N) is 1. The molecule has 7 heteroatoms. The van der Waals surface area contributed by atoms with E-state index in [4.69, 9.17) is 0 Å². The lowest BCUT2D eigenvalue weighted by Crippen LogP contribution is -2.34. The van der Waals surface area contributed by atoms with Gasteiger partial charge in [-0.1, -0.05) is 48.5 Å². The number of hydrogen-bond donors (Lipinski definition) is 0. The average Bonchev–Trinajstić information content (AvgIpc) is 3.14. The molecule has 2 aromatic carbocycles. The first-order chi connectivity index (χ1) is 11.9. The van der Waals surface area contributed by atoms with Gasteiger partial charge in [-0.2, -0.15) is 0 Å². The smallest absolute Gasteiger partial charge is 0.214 e. The van der Waals surface area contributed by atoms with E-state index in [-0.39, 0.29) is 23.7 Å². The van der Waals surface area contributed by atoms with E-state index in [0.717, 1.165) is 5.56 Å². The predicted molar refractivity (Wildman–Crippen MR) is 97.5 cm³/mol. The number of benzene rings is 2. The summed E-state index contributed by atoms with van der Waals surface area (Å²) in [6, 6.07) is 17.6. The molecule has 2 aromatic rings. The maximum absolute atomic E-state index is 12.7. The lowest BCUT2D eigenvalue weighted by atomic mass is 10.2. The highest BCUT2D eigenvalue weighted by Gasteiger charge is 2.38. The lowest BCUT2D eigenvalue weighted by Gasteiger charge is -2.17. The van der Waals surface area contributed by atoms with Crippen LogP contribution in [0.2, 0.25) is 0 Å². The molecule has 3 rings (SSSR count). The number of sulfone groups is 1. The number of rotatable bonds is 6. The lowest BCUT2D eigenvalue weighted by molar-refractivity contribution is 0.476. The zero-order chi connectivity index (χ0) is 17.9. The Labute approximate surface area is 149 Å². The third-order valence-electron chi connectivity index (χ3n) is 4.50. The van der Waals surface area contributed by atoms with Crippen molar-refractivity contribution in [1.29, 1.82) is 0 Å². The molecule has 25 heavy (non-hydrogen) atoms. The first kappa shape index (κ1) is 18.1. The van der Waals surface area contributed by atoms with Gasteiger partial charge in [-0.3, -0.25) is 0 Å². The molecule has 134 valence electrons. The first-order valence-electron chi connectivity index (χ1n) is 8.20. The summed E-state index contributed by atoms with van der Waals surface area (Å²) in [5.74, 6) is -0.00484. The van der Waals surface area contributed by atoms with Crippen molar-refractivity contribution in [3.8, 4) is 0 Å². The molecular formula is C18H21NO4S2. The number of aryl methyl sites for hydroxylation is 1. The zero-order valence-corrected chi connectivity index (χ0v) is 15.4. The maximum atomic E-state index is 12.7. The van der Waals surface area contributed by atoms with E-state index in [1.54, 1.807) is 30.3 Å². The van der Waals surface area contributed by atoms with Gasteiger partial charge in [0.2, 0.25) is 10.0 Å². The summed E-state index contributed by atoms with van der Waals surface area (Å²) in [5.41, 5.74) is 0.957. The summed E-state index contributed by atoms with van der Waals surface area (Å²) in [6.07, 6.45) is 0.761. The molecule has 0 spiro atoms. The summed E-state index contributed by atoms with van der Waals surface area (Å²) in [5, 5.41) is -0.679. The van der Waals surface area contributed by atoms with Crippen molar-refractivity contribution in [2.24, 2.45) is 0 Å². The molecule has 1 aliphatic rings. The van der Waals surface area contributed by atoms with E-state index in [1.807, 2.05) is 30.3 Å².